The average molecular weight is 288 g/mol. The van der Waals surface area contributed by atoms with Crippen LogP contribution in [0.15, 0.2) is 30.3 Å². The van der Waals surface area contributed by atoms with Gasteiger partial charge in [0, 0.05) is 25.0 Å². The number of aliphatic hydroxyl groups is 2. The SMILES string of the molecule is OCCN(Cc1ccccc1)CC(O)CBr. The number of nitrogens with zero attached hydrogens (tertiary/aromatic N) is 1. The third kappa shape index (κ3) is 5.07. The van der Waals surface area contributed by atoms with Gasteiger partial charge >= 0.3 is 0 Å². The molecule has 0 saturated carbocycles. The predicted molar refractivity (Wildman–Crippen MR) is 68.6 cm³/mol. The predicted octanol–water partition coefficient (Wildman–Crippen LogP) is 1.24. The second-order valence-electron chi connectivity index (χ2n) is 3.75. The van der Waals surface area contributed by atoms with Crippen LogP contribution < -0.4 is 0 Å². The molecule has 90 valence electrons. The van der Waals surface area contributed by atoms with Gasteiger partial charge in [-0.3, -0.25) is 4.90 Å². The molecule has 0 heterocycles. The van der Waals surface area contributed by atoms with Crippen molar-refractivity contribution < 1.29 is 10.2 Å². The lowest BCUT2D eigenvalue weighted by Crippen LogP contribution is -2.34. The van der Waals surface area contributed by atoms with E-state index >= 15 is 0 Å². The standard InChI is InChI=1S/C12H18BrNO2/c13-8-12(16)10-14(6-7-15)9-11-4-2-1-3-5-11/h1-5,12,15-16H,6-10H2. The molecule has 1 aromatic rings. The van der Waals surface area contributed by atoms with Crippen molar-refractivity contribution in [2.45, 2.75) is 12.6 Å². The fourth-order valence-corrected chi connectivity index (χ4v) is 1.77. The molecule has 2 N–H and O–H groups in total. The summed E-state index contributed by atoms with van der Waals surface area (Å²) < 4.78 is 0. The maximum Gasteiger partial charge on any atom is 0.0763 e. The molecule has 3 nitrogen and oxygen atoms in total. The maximum absolute atomic E-state index is 9.56. The summed E-state index contributed by atoms with van der Waals surface area (Å²) in [6.07, 6.45) is -0.393. The lowest BCUT2D eigenvalue weighted by Gasteiger charge is -2.23. The summed E-state index contributed by atoms with van der Waals surface area (Å²) in [6.45, 7) is 2.02. The lowest BCUT2D eigenvalue weighted by molar-refractivity contribution is 0.110. The summed E-state index contributed by atoms with van der Waals surface area (Å²) in [5.41, 5.74) is 1.19. The molecule has 16 heavy (non-hydrogen) atoms. The Morgan fingerprint density at radius 3 is 2.50 bits per heavy atom. The highest BCUT2D eigenvalue weighted by Gasteiger charge is 2.10. The minimum atomic E-state index is -0.393. The van der Waals surface area contributed by atoms with Gasteiger partial charge in [-0.25, -0.2) is 0 Å². The summed E-state index contributed by atoms with van der Waals surface area (Å²) in [5, 5.41) is 19.1. The van der Waals surface area contributed by atoms with Gasteiger partial charge in [0.1, 0.15) is 0 Å². The topological polar surface area (TPSA) is 43.7 Å². The number of hydrogen-bond donors (Lipinski definition) is 2. The Balaban J connectivity index is 2.50. The molecule has 4 heteroatoms. The Hall–Kier alpha value is -0.420. The van der Waals surface area contributed by atoms with E-state index in [1.807, 2.05) is 35.2 Å². The molecule has 0 aliphatic heterocycles. The second-order valence-corrected chi connectivity index (χ2v) is 4.40. The molecule has 0 amide bonds. The maximum atomic E-state index is 9.56. The largest absolute Gasteiger partial charge is 0.395 e. The van der Waals surface area contributed by atoms with Crippen molar-refractivity contribution in [3.05, 3.63) is 35.9 Å². The number of hydrogen-bond acceptors (Lipinski definition) is 3. The van der Waals surface area contributed by atoms with Crippen LogP contribution in [0, 0.1) is 0 Å². The van der Waals surface area contributed by atoms with E-state index < -0.39 is 6.10 Å². The number of benzene rings is 1. The van der Waals surface area contributed by atoms with Crippen molar-refractivity contribution in [1.29, 1.82) is 0 Å². The molecule has 0 aromatic heterocycles. The van der Waals surface area contributed by atoms with Crippen molar-refractivity contribution in [3.8, 4) is 0 Å². The van der Waals surface area contributed by atoms with E-state index in [0.29, 0.717) is 18.4 Å². The van der Waals surface area contributed by atoms with Crippen LogP contribution >= 0.6 is 15.9 Å². The van der Waals surface area contributed by atoms with Gasteiger partial charge in [0.05, 0.1) is 12.7 Å². The Bertz CT molecular complexity index is 282. The van der Waals surface area contributed by atoms with E-state index in [2.05, 4.69) is 15.9 Å². The third-order valence-electron chi connectivity index (χ3n) is 2.31. The smallest absolute Gasteiger partial charge is 0.0763 e. The molecule has 0 aliphatic rings. The molecule has 0 bridgehead atoms. The Kier molecular flexibility index (Phi) is 6.64. The van der Waals surface area contributed by atoms with Crippen molar-refractivity contribution in [2.75, 3.05) is 25.0 Å². The highest BCUT2D eigenvalue weighted by Crippen LogP contribution is 2.05. The van der Waals surface area contributed by atoms with Crippen LogP contribution in [0.2, 0.25) is 0 Å². The van der Waals surface area contributed by atoms with Crippen LogP contribution in [0.3, 0.4) is 0 Å². The number of halogens is 1. The molecule has 1 aromatic carbocycles. The summed E-state index contributed by atoms with van der Waals surface area (Å²) in [4.78, 5) is 2.04. The first-order valence-corrected chi connectivity index (χ1v) is 6.49. The fourth-order valence-electron chi connectivity index (χ4n) is 1.56. The van der Waals surface area contributed by atoms with E-state index in [-0.39, 0.29) is 6.61 Å². The zero-order valence-corrected chi connectivity index (χ0v) is 10.8. The molecular weight excluding hydrogens is 270 g/mol. The first-order chi connectivity index (χ1) is 7.76. The number of rotatable bonds is 7. The zero-order valence-electron chi connectivity index (χ0n) is 9.22. The normalized spacial score (nSPS) is 13.0. The van der Waals surface area contributed by atoms with Crippen LogP contribution in [0.25, 0.3) is 0 Å². The van der Waals surface area contributed by atoms with Crippen LogP contribution in [0.5, 0.6) is 0 Å². The molecule has 0 fully saturated rings. The summed E-state index contributed by atoms with van der Waals surface area (Å²) in [7, 11) is 0. The fraction of sp³-hybridized carbons (Fsp3) is 0.500. The minimum Gasteiger partial charge on any atom is -0.395 e. The van der Waals surface area contributed by atoms with Gasteiger partial charge in [-0.15, -0.1) is 0 Å². The molecular formula is C12H18BrNO2. The molecule has 1 unspecified atom stereocenters. The van der Waals surface area contributed by atoms with Gasteiger partial charge in [0.2, 0.25) is 0 Å². The molecule has 1 rings (SSSR count). The van der Waals surface area contributed by atoms with E-state index in [1.54, 1.807) is 0 Å². The zero-order chi connectivity index (χ0) is 11.8. The van der Waals surface area contributed by atoms with Gasteiger partial charge < -0.3 is 10.2 Å². The van der Waals surface area contributed by atoms with Crippen molar-refractivity contribution in [3.63, 3.8) is 0 Å². The minimum absolute atomic E-state index is 0.113. The monoisotopic (exact) mass is 287 g/mol. The van der Waals surface area contributed by atoms with E-state index in [9.17, 15) is 5.11 Å². The van der Waals surface area contributed by atoms with E-state index in [4.69, 9.17) is 5.11 Å². The molecule has 0 radical (unpaired) electrons. The first-order valence-electron chi connectivity index (χ1n) is 5.37. The van der Waals surface area contributed by atoms with Crippen molar-refractivity contribution in [1.82, 2.24) is 4.90 Å². The van der Waals surface area contributed by atoms with Crippen LogP contribution in [-0.2, 0) is 6.54 Å². The van der Waals surface area contributed by atoms with Gasteiger partial charge in [0.25, 0.3) is 0 Å². The van der Waals surface area contributed by atoms with Gasteiger partial charge in [-0.2, -0.15) is 0 Å². The van der Waals surface area contributed by atoms with Gasteiger partial charge in [-0.1, -0.05) is 46.3 Å². The van der Waals surface area contributed by atoms with Crippen molar-refractivity contribution >= 4 is 15.9 Å². The van der Waals surface area contributed by atoms with Crippen LogP contribution in [0.1, 0.15) is 5.56 Å². The molecule has 0 aliphatic carbocycles. The lowest BCUT2D eigenvalue weighted by atomic mass is 10.2. The number of aliphatic hydroxyl groups excluding tert-OH is 2. The van der Waals surface area contributed by atoms with Crippen LogP contribution in [-0.4, -0.2) is 46.2 Å². The first kappa shape index (κ1) is 13.6. The van der Waals surface area contributed by atoms with Crippen molar-refractivity contribution in [2.24, 2.45) is 0 Å². The Morgan fingerprint density at radius 1 is 1.25 bits per heavy atom. The summed E-state index contributed by atoms with van der Waals surface area (Å²) in [5.74, 6) is 0. The van der Waals surface area contributed by atoms with E-state index in [1.165, 1.54) is 5.56 Å². The third-order valence-corrected chi connectivity index (χ3v) is 3.06. The summed E-state index contributed by atoms with van der Waals surface area (Å²) in [6, 6.07) is 10.1. The van der Waals surface area contributed by atoms with E-state index in [0.717, 1.165) is 6.54 Å². The van der Waals surface area contributed by atoms with Gasteiger partial charge in [-0.05, 0) is 5.56 Å². The molecule has 1 atom stereocenters. The molecule has 0 spiro atoms. The quantitative estimate of drug-likeness (QED) is 0.742. The average Bonchev–Trinajstić information content (AvgIpc) is 2.30. The highest BCUT2D eigenvalue weighted by atomic mass is 79.9. The summed E-state index contributed by atoms with van der Waals surface area (Å²) >= 11 is 3.24. The molecule has 0 saturated heterocycles. The second kappa shape index (κ2) is 7.79. The Labute approximate surface area is 105 Å². The highest BCUT2D eigenvalue weighted by molar-refractivity contribution is 9.09. The van der Waals surface area contributed by atoms with Gasteiger partial charge in [0.15, 0.2) is 0 Å². The Morgan fingerprint density at radius 2 is 1.94 bits per heavy atom. The number of alkyl halides is 1. The van der Waals surface area contributed by atoms with Crippen LogP contribution in [0.4, 0.5) is 0 Å².